The quantitative estimate of drug-likeness (QED) is 0.750. The minimum Gasteiger partial charge on any atom is -0.478 e. The summed E-state index contributed by atoms with van der Waals surface area (Å²) in [5.41, 5.74) is 1.69. The molecule has 3 saturated heterocycles. The lowest BCUT2D eigenvalue weighted by molar-refractivity contribution is -0.159. The summed E-state index contributed by atoms with van der Waals surface area (Å²) in [5.74, 6) is -0.833. The van der Waals surface area contributed by atoms with Crippen molar-refractivity contribution in [2.75, 3.05) is 25.0 Å². The third-order valence-corrected chi connectivity index (χ3v) is 5.68. The van der Waals surface area contributed by atoms with E-state index in [9.17, 15) is 9.59 Å². The number of fused-ring (bicyclic) bond motifs is 3. The van der Waals surface area contributed by atoms with Crippen molar-refractivity contribution in [1.29, 1.82) is 0 Å². The van der Waals surface area contributed by atoms with Crippen molar-refractivity contribution >= 4 is 17.6 Å². The second-order valence-corrected chi connectivity index (χ2v) is 7.48. The average Bonchev–Trinajstić information content (AvgIpc) is 2.74. The van der Waals surface area contributed by atoms with E-state index >= 15 is 0 Å². The lowest BCUT2D eigenvalue weighted by Gasteiger charge is -2.44. The van der Waals surface area contributed by atoms with Crippen LogP contribution in [0.25, 0.3) is 0 Å². The first-order valence-corrected chi connectivity index (χ1v) is 9.68. The molecule has 3 aliphatic rings. The van der Waals surface area contributed by atoms with Gasteiger partial charge in [0.1, 0.15) is 6.10 Å². The molecule has 0 aliphatic carbocycles. The number of carboxylic acid groups (broad SMARTS) is 1. The second-order valence-electron chi connectivity index (χ2n) is 7.48. The van der Waals surface area contributed by atoms with Crippen molar-refractivity contribution in [1.82, 2.24) is 4.90 Å². The van der Waals surface area contributed by atoms with E-state index < -0.39 is 12.0 Å². The van der Waals surface area contributed by atoms with Crippen LogP contribution < -0.4 is 5.32 Å². The Morgan fingerprint density at radius 3 is 2.29 bits per heavy atom. The Morgan fingerprint density at radius 2 is 1.71 bits per heavy atom. The highest BCUT2D eigenvalue weighted by Crippen LogP contribution is 2.31. The Bertz CT molecular complexity index is 829. The third kappa shape index (κ3) is 4.02. The van der Waals surface area contributed by atoms with Crippen molar-refractivity contribution in [3.05, 3.63) is 65.7 Å². The van der Waals surface area contributed by atoms with Crippen LogP contribution in [0, 0.1) is 5.92 Å². The molecule has 28 heavy (non-hydrogen) atoms. The number of piperidine rings is 3. The monoisotopic (exact) mass is 380 g/mol. The van der Waals surface area contributed by atoms with Crippen LogP contribution in [0.5, 0.6) is 0 Å². The first kappa shape index (κ1) is 18.5. The van der Waals surface area contributed by atoms with Crippen LogP contribution in [0.15, 0.2) is 54.6 Å². The van der Waals surface area contributed by atoms with Gasteiger partial charge in [0.05, 0.1) is 5.56 Å². The molecule has 5 rings (SSSR count). The van der Waals surface area contributed by atoms with Gasteiger partial charge >= 0.3 is 11.9 Å². The molecule has 6 heteroatoms. The molecular weight excluding hydrogens is 356 g/mol. The second kappa shape index (κ2) is 8.02. The number of esters is 1. The number of carbonyl (C=O) groups is 2. The number of ether oxygens (including phenoxy) is 1. The van der Waals surface area contributed by atoms with Gasteiger partial charge in [0.15, 0.2) is 6.04 Å². The van der Waals surface area contributed by atoms with Crippen LogP contribution in [0.3, 0.4) is 0 Å². The summed E-state index contributed by atoms with van der Waals surface area (Å²) in [6.45, 7) is 3.00. The highest BCUT2D eigenvalue weighted by atomic mass is 16.5. The van der Waals surface area contributed by atoms with Crippen molar-refractivity contribution < 1.29 is 19.4 Å². The fourth-order valence-corrected chi connectivity index (χ4v) is 4.06. The first-order chi connectivity index (χ1) is 13.6. The van der Waals surface area contributed by atoms with E-state index in [1.165, 1.54) is 12.1 Å². The predicted octanol–water partition coefficient (Wildman–Crippen LogP) is 3.18. The lowest BCUT2D eigenvalue weighted by Crippen LogP contribution is -2.52. The van der Waals surface area contributed by atoms with Gasteiger partial charge in [0, 0.05) is 12.2 Å². The number of hydrogen-bond donors (Lipinski definition) is 2. The molecule has 2 atom stereocenters. The highest BCUT2D eigenvalue weighted by molar-refractivity contribution is 5.88. The van der Waals surface area contributed by atoms with E-state index in [4.69, 9.17) is 9.84 Å². The largest absolute Gasteiger partial charge is 0.478 e. The van der Waals surface area contributed by atoms with Crippen LogP contribution >= 0.6 is 0 Å². The SMILES string of the molecule is O=C(O)c1ccc(NC(C(=O)O[C@H]2CN3CCC2CC3)c2ccccc2)cc1. The highest BCUT2D eigenvalue weighted by Gasteiger charge is 2.37. The van der Waals surface area contributed by atoms with Crippen molar-refractivity contribution in [3.8, 4) is 0 Å². The molecule has 0 aromatic heterocycles. The van der Waals surface area contributed by atoms with Gasteiger partial charge in [0.2, 0.25) is 0 Å². The van der Waals surface area contributed by atoms with Crippen molar-refractivity contribution in [2.24, 2.45) is 5.92 Å². The molecule has 3 heterocycles. The fourth-order valence-electron chi connectivity index (χ4n) is 4.06. The average molecular weight is 380 g/mol. The van der Waals surface area contributed by atoms with Crippen molar-refractivity contribution in [3.63, 3.8) is 0 Å². The van der Waals surface area contributed by atoms with Gasteiger partial charge in [-0.3, -0.25) is 4.90 Å². The molecule has 3 aliphatic heterocycles. The molecule has 0 saturated carbocycles. The molecule has 2 bridgehead atoms. The Kier molecular flexibility index (Phi) is 5.30. The minimum absolute atomic E-state index is 0.0580. The number of nitrogens with one attached hydrogen (secondary N) is 1. The number of anilines is 1. The molecule has 0 amide bonds. The van der Waals surface area contributed by atoms with Crippen LogP contribution in [0.2, 0.25) is 0 Å². The fraction of sp³-hybridized carbons (Fsp3) is 0.364. The number of aromatic carboxylic acids is 1. The van der Waals surface area contributed by atoms with E-state index in [-0.39, 0.29) is 17.6 Å². The Balaban J connectivity index is 1.52. The predicted molar refractivity (Wildman–Crippen MR) is 105 cm³/mol. The molecule has 2 aromatic rings. The van der Waals surface area contributed by atoms with Crippen LogP contribution in [-0.2, 0) is 9.53 Å². The topological polar surface area (TPSA) is 78.9 Å². The maximum Gasteiger partial charge on any atom is 0.335 e. The number of carbonyl (C=O) groups excluding carboxylic acids is 1. The van der Waals surface area contributed by atoms with Gasteiger partial charge in [-0.25, -0.2) is 9.59 Å². The Morgan fingerprint density at radius 1 is 1.04 bits per heavy atom. The molecule has 1 unspecified atom stereocenters. The summed E-state index contributed by atoms with van der Waals surface area (Å²) in [6.07, 6.45) is 2.10. The number of rotatable bonds is 6. The van der Waals surface area contributed by atoms with Crippen LogP contribution in [-0.4, -0.2) is 47.7 Å². The molecule has 2 aromatic carbocycles. The maximum atomic E-state index is 13.1. The van der Waals surface area contributed by atoms with Crippen LogP contribution in [0.4, 0.5) is 5.69 Å². The van der Waals surface area contributed by atoms with Gasteiger partial charge < -0.3 is 15.2 Å². The standard InChI is InChI=1S/C22H24N2O4/c25-21(26)17-6-8-18(9-7-17)23-20(16-4-2-1-3-5-16)22(27)28-19-14-24-12-10-15(19)11-13-24/h1-9,15,19-20,23H,10-14H2,(H,25,26)/t19-,20?/m0/s1. The first-order valence-electron chi connectivity index (χ1n) is 9.68. The summed E-state index contributed by atoms with van der Waals surface area (Å²) < 4.78 is 5.94. The summed E-state index contributed by atoms with van der Waals surface area (Å²) in [6, 6.07) is 15.2. The number of benzene rings is 2. The minimum atomic E-state index is -0.979. The van der Waals surface area contributed by atoms with E-state index in [0.29, 0.717) is 11.6 Å². The van der Waals surface area contributed by atoms with Gasteiger partial charge in [-0.1, -0.05) is 30.3 Å². The number of nitrogens with zero attached hydrogens (tertiary/aromatic N) is 1. The summed E-state index contributed by atoms with van der Waals surface area (Å²) in [7, 11) is 0. The molecule has 0 radical (unpaired) electrons. The van der Waals surface area contributed by atoms with Crippen LogP contribution in [0.1, 0.15) is 34.8 Å². The Hall–Kier alpha value is -2.86. The molecule has 2 N–H and O–H groups in total. The lowest BCUT2D eigenvalue weighted by atomic mass is 9.86. The van der Waals surface area contributed by atoms with Gasteiger partial charge in [-0.05, 0) is 61.7 Å². The Labute approximate surface area is 164 Å². The molecule has 6 nitrogen and oxygen atoms in total. The van der Waals surface area contributed by atoms with Gasteiger partial charge in [-0.2, -0.15) is 0 Å². The number of hydrogen-bond acceptors (Lipinski definition) is 5. The smallest absolute Gasteiger partial charge is 0.335 e. The van der Waals surface area contributed by atoms with E-state index in [1.807, 2.05) is 30.3 Å². The number of carboxylic acids is 1. The molecule has 3 fully saturated rings. The summed E-state index contributed by atoms with van der Waals surface area (Å²) in [5, 5.41) is 12.3. The summed E-state index contributed by atoms with van der Waals surface area (Å²) in [4.78, 5) is 26.5. The zero-order chi connectivity index (χ0) is 19.5. The zero-order valence-corrected chi connectivity index (χ0v) is 15.6. The maximum absolute atomic E-state index is 13.1. The van der Waals surface area contributed by atoms with E-state index in [1.54, 1.807) is 12.1 Å². The van der Waals surface area contributed by atoms with E-state index in [2.05, 4.69) is 10.2 Å². The molecule has 0 spiro atoms. The normalized spacial score (nSPS) is 24.4. The van der Waals surface area contributed by atoms with Gasteiger partial charge in [0.25, 0.3) is 0 Å². The third-order valence-electron chi connectivity index (χ3n) is 5.68. The van der Waals surface area contributed by atoms with Gasteiger partial charge in [-0.15, -0.1) is 0 Å². The summed E-state index contributed by atoms with van der Waals surface area (Å²) >= 11 is 0. The zero-order valence-electron chi connectivity index (χ0n) is 15.6. The van der Waals surface area contributed by atoms with E-state index in [0.717, 1.165) is 38.0 Å². The van der Waals surface area contributed by atoms with Crippen molar-refractivity contribution in [2.45, 2.75) is 25.0 Å². The molecule has 146 valence electrons. The molecular formula is C22H24N2O4.